The quantitative estimate of drug-likeness (QED) is 0.535. The first-order valence-electron chi connectivity index (χ1n) is 9.11. The number of halogens is 5. The maximum atomic E-state index is 13.7. The minimum atomic E-state index is -4.94. The number of hydrogen-bond acceptors (Lipinski definition) is 4. The summed E-state index contributed by atoms with van der Waals surface area (Å²) in [6.45, 7) is 0.592. The van der Waals surface area contributed by atoms with Gasteiger partial charge in [0.1, 0.15) is 18.0 Å². The molecule has 5 nitrogen and oxygen atoms in total. The third kappa shape index (κ3) is 4.82. The number of pyridine rings is 1. The highest BCUT2D eigenvalue weighted by Gasteiger charge is 2.37. The Morgan fingerprint density at radius 2 is 1.72 bits per heavy atom. The Hall–Kier alpha value is -3.21. The van der Waals surface area contributed by atoms with Crippen molar-refractivity contribution in [1.82, 2.24) is 4.98 Å². The number of aromatic amines is 1. The van der Waals surface area contributed by atoms with Crippen LogP contribution in [0.4, 0.5) is 22.0 Å². The van der Waals surface area contributed by atoms with E-state index in [0.717, 1.165) is 25.3 Å². The van der Waals surface area contributed by atoms with Crippen molar-refractivity contribution in [2.75, 3.05) is 12.4 Å². The number of sulfone groups is 1. The van der Waals surface area contributed by atoms with Crippen molar-refractivity contribution in [3.63, 3.8) is 0 Å². The number of rotatable bonds is 6. The van der Waals surface area contributed by atoms with Gasteiger partial charge in [-0.25, -0.2) is 17.2 Å². The average molecular weight is 473 g/mol. The van der Waals surface area contributed by atoms with Crippen molar-refractivity contribution in [3.05, 3.63) is 81.8 Å². The summed E-state index contributed by atoms with van der Waals surface area (Å²) in [5.41, 5.74) is -3.33. The highest BCUT2D eigenvalue weighted by molar-refractivity contribution is 7.91. The summed E-state index contributed by atoms with van der Waals surface area (Å²) in [4.78, 5) is 13.4. The van der Waals surface area contributed by atoms with Crippen LogP contribution in [0.15, 0.2) is 58.4 Å². The van der Waals surface area contributed by atoms with Crippen LogP contribution < -0.4 is 10.3 Å². The molecule has 0 amide bonds. The average Bonchev–Trinajstić information content (AvgIpc) is 2.69. The predicted molar refractivity (Wildman–Crippen MR) is 106 cm³/mol. The Morgan fingerprint density at radius 3 is 2.38 bits per heavy atom. The molecule has 1 heterocycles. The van der Waals surface area contributed by atoms with Gasteiger partial charge in [0.05, 0.1) is 10.6 Å². The van der Waals surface area contributed by atoms with Crippen LogP contribution in [0.25, 0.3) is 11.1 Å². The second kappa shape index (κ2) is 8.73. The molecular formula is C21H16F5NO4S. The van der Waals surface area contributed by atoms with E-state index in [9.17, 15) is 35.2 Å². The zero-order valence-corrected chi connectivity index (χ0v) is 17.3. The van der Waals surface area contributed by atoms with Crippen LogP contribution in [0.2, 0.25) is 0 Å². The first kappa shape index (κ1) is 23.5. The molecule has 0 radical (unpaired) electrons. The van der Waals surface area contributed by atoms with Crippen LogP contribution >= 0.6 is 0 Å². The van der Waals surface area contributed by atoms with Crippen molar-refractivity contribution in [2.45, 2.75) is 18.0 Å². The molecule has 0 saturated carbocycles. The van der Waals surface area contributed by atoms with Gasteiger partial charge in [-0.05, 0) is 30.7 Å². The second-order valence-corrected chi connectivity index (χ2v) is 8.85. The molecule has 1 N–H and O–H groups in total. The fourth-order valence-corrected chi connectivity index (χ4v) is 4.49. The number of alkyl halides is 3. The molecule has 2 aromatic carbocycles. The van der Waals surface area contributed by atoms with Crippen molar-refractivity contribution in [3.8, 4) is 16.9 Å². The van der Waals surface area contributed by atoms with Crippen molar-refractivity contribution in [1.29, 1.82) is 0 Å². The molecule has 0 atom stereocenters. The molecule has 0 aliphatic carbocycles. The van der Waals surface area contributed by atoms with Gasteiger partial charge in [0.15, 0.2) is 21.4 Å². The monoisotopic (exact) mass is 473 g/mol. The van der Waals surface area contributed by atoms with Crippen LogP contribution in [0.5, 0.6) is 5.75 Å². The summed E-state index contributed by atoms with van der Waals surface area (Å²) in [5, 5.41) is 0. The summed E-state index contributed by atoms with van der Waals surface area (Å²) in [6.07, 6.45) is -3.92. The number of ether oxygens (including phenoxy) is 1. The molecule has 1 aromatic heterocycles. The second-order valence-electron chi connectivity index (χ2n) is 6.77. The molecule has 11 heteroatoms. The van der Waals surface area contributed by atoms with Crippen molar-refractivity contribution >= 4 is 9.84 Å². The fraction of sp³-hybridized carbons (Fsp3) is 0.190. The maximum Gasteiger partial charge on any atom is 0.421 e. The SMILES string of the molecule is Cc1c(-c2ccccc2S(=O)(=O)CCOc2ccc(F)cc2F)c[nH]c(=O)c1C(F)(F)F. The first-order valence-corrected chi connectivity index (χ1v) is 10.8. The largest absolute Gasteiger partial charge is 0.489 e. The molecule has 0 bridgehead atoms. The smallest absolute Gasteiger partial charge is 0.421 e. The van der Waals surface area contributed by atoms with Gasteiger partial charge in [0.25, 0.3) is 5.56 Å². The van der Waals surface area contributed by atoms with Crippen LogP contribution in [-0.2, 0) is 16.0 Å². The maximum absolute atomic E-state index is 13.7. The molecule has 170 valence electrons. The van der Waals surface area contributed by atoms with Gasteiger partial charge in [-0.15, -0.1) is 0 Å². The van der Waals surface area contributed by atoms with Crippen LogP contribution in [0.3, 0.4) is 0 Å². The Bertz CT molecular complexity index is 1320. The van der Waals surface area contributed by atoms with Gasteiger partial charge >= 0.3 is 6.18 Å². The third-order valence-corrected chi connectivity index (χ3v) is 6.38. The van der Waals surface area contributed by atoms with Gasteiger partial charge in [0, 0.05) is 23.4 Å². The van der Waals surface area contributed by atoms with Gasteiger partial charge in [-0.1, -0.05) is 18.2 Å². The molecule has 32 heavy (non-hydrogen) atoms. The lowest BCUT2D eigenvalue weighted by molar-refractivity contribution is -0.139. The van der Waals surface area contributed by atoms with E-state index in [2.05, 4.69) is 0 Å². The first-order chi connectivity index (χ1) is 14.9. The predicted octanol–water partition coefficient (Wildman–Crippen LogP) is 4.50. The molecule has 0 spiro atoms. The summed E-state index contributed by atoms with van der Waals surface area (Å²) in [6, 6.07) is 7.89. The number of benzene rings is 2. The van der Waals surface area contributed by atoms with E-state index < -0.39 is 56.7 Å². The van der Waals surface area contributed by atoms with E-state index in [1.807, 2.05) is 4.98 Å². The Balaban J connectivity index is 1.95. The summed E-state index contributed by atoms with van der Waals surface area (Å²) < 4.78 is 97.4. The zero-order valence-electron chi connectivity index (χ0n) is 16.5. The van der Waals surface area contributed by atoms with Crippen LogP contribution in [0.1, 0.15) is 11.1 Å². The third-order valence-electron chi connectivity index (χ3n) is 4.65. The lowest BCUT2D eigenvalue weighted by Crippen LogP contribution is -2.23. The van der Waals surface area contributed by atoms with E-state index in [1.165, 1.54) is 24.3 Å². The number of hydrogen-bond donors (Lipinski definition) is 1. The number of H-pyrrole nitrogens is 1. The standard InChI is InChI=1S/C21H16F5NO4S/c1-12-15(11-27-20(28)19(12)21(24,25)26)14-4-2-3-5-18(14)32(29,30)9-8-31-17-7-6-13(22)10-16(17)23/h2-7,10-11H,8-9H2,1H3,(H,27,28). The molecule has 3 aromatic rings. The number of nitrogens with one attached hydrogen (secondary N) is 1. The molecule has 0 saturated heterocycles. The minimum Gasteiger partial charge on any atom is -0.489 e. The van der Waals surface area contributed by atoms with E-state index in [1.54, 1.807) is 0 Å². The van der Waals surface area contributed by atoms with Gasteiger partial charge < -0.3 is 9.72 Å². The molecular weight excluding hydrogens is 457 g/mol. The number of aromatic nitrogens is 1. The highest BCUT2D eigenvalue weighted by atomic mass is 32.2. The van der Waals surface area contributed by atoms with Gasteiger partial charge in [-0.3, -0.25) is 4.79 Å². The Morgan fingerprint density at radius 1 is 1.03 bits per heavy atom. The molecule has 0 aliphatic heterocycles. The minimum absolute atomic E-state index is 0.0419. The summed E-state index contributed by atoms with van der Waals surface area (Å²) in [5.74, 6) is -2.81. The van der Waals surface area contributed by atoms with Gasteiger partial charge in [0.2, 0.25) is 0 Å². The molecule has 0 unspecified atom stereocenters. The Kier molecular flexibility index (Phi) is 6.40. The van der Waals surface area contributed by atoms with E-state index in [4.69, 9.17) is 4.74 Å². The topological polar surface area (TPSA) is 76.2 Å². The highest BCUT2D eigenvalue weighted by Crippen LogP contribution is 2.35. The lowest BCUT2D eigenvalue weighted by Gasteiger charge is -2.16. The van der Waals surface area contributed by atoms with Crippen LogP contribution in [-0.4, -0.2) is 25.8 Å². The Labute approximate surface area is 179 Å². The molecule has 0 aliphatic rings. The normalized spacial score (nSPS) is 12.1. The summed E-state index contributed by atoms with van der Waals surface area (Å²) >= 11 is 0. The zero-order chi connectivity index (χ0) is 23.7. The molecule has 3 rings (SSSR count). The van der Waals surface area contributed by atoms with E-state index in [-0.39, 0.29) is 21.8 Å². The lowest BCUT2D eigenvalue weighted by atomic mass is 9.99. The van der Waals surface area contributed by atoms with Crippen LogP contribution in [0, 0.1) is 18.6 Å². The van der Waals surface area contributed by atoms with Gasteiger partial charge in [-0.2, -0.15) is 13.2 Å². The van der Waals surface area contributed by atoms with E-state index >= 15 is 0 Å². The fourth-order valence-electron chi connectivity index (χ4n) is 3.17. The van der Waals surface area contributed by atoms with Crippen molar-refractivity contribution < 1.29 is 35.1 Å². The van der Waals surface area contributed by atoms with Crippen molar-refractivity contribution in [2.24, 2.45) is 0 Å². The van der Waals surface area contributed by atoms with E-state index in [0.29, 0.717) is 6.07 Å². The molecule has 0 fully saturated rings. The summed E-state index contributed by atoms with van der Waals surface area (Å²) in [7, 11) is -4.10.